The predicted molar refractivity (Wildman–Crippen MR) is 149 cm³/mol. The summed E-state index contributed by atoms with van der Waals surface area (Å²) in [6, 6.07) is 18.2. The van der Waals surface area contributed by atoms with E-state index in [9.17, 15) is 22.8 Å². The number of hydrogen-bond donors (Lipinski definition) is 1. The van der Waals surface area contributed by atoms with E-state index in [4.69, 9.17) is 26.5 Å². The zero-order chi connectivity index (χ0) is 29.9. The number of ether oxygens (including phenoxy) is 1. The number of carbonyl (C=O) groups excluding carboxylic acids is 1. The van der Waals surface area contributed by atoms with Crippen LogP contribution in [0.3, 0.4) is 0 Å². The van der Waals surface area contributed by atoms with Crippen LogP contribution in [0.2, 0.25) is 5.02 Å². The van der Waals surface area contributed by atoms with Crippen molar-refractivity contribution in [3.05, 3.63) is 106 Å². The van der Waals surface area contributed by atoms with Gasteiger partial charge in [-0.25, -0.2) is 9.48 Å². The van der Waals surface area contributed by atoms with Gasteiger partial charge < -0.3 is 9.84 Å². The fraction of sp³-hybridized carbons (Fsp3) is 0.258. The van der Waals surface area contributed by atoms with Crippen LogP contribution in [0.15, 0.2) is 72.8 Å². The molecular weight excluding hydrogens is 557 g/mol. The maximum atomic E-state index is 13.2. The number of benzene rings is 3. The van der Waals surface area contributed by atoms with Gasteiger partial charge in [-0.15, -0.1) is 0 Å². The Morgan fingerprint density at radius 2 is 1.61 bits per heavy atom. The molecule has 1 N–H and O–H groups in total. The normalized spacial score (nSPS) is 12.0. The van der Waals surface area contributed by atoms with Gasteiger partial charge in [0.15, 0.2) is 5.78 Å². The van der Waals surface area contributed by atoms with E-state index in [-0.39, 0.29) is 24.4 Å². The maximum absolute atomic E-state index is 13.2. The largest absolute Gasteiger partial charge is 0.478 e. The van der Waals surface area contributed by atoms with Crippen LogP contribution in [0.5, 0.6) is 0 Å². The van der Waals surface area contributed by atoms with Crippen molar-refractivity contribution in [1.29, 1.82) is 0 Å². The summed E-state index contributed by atoms with van der Waals surface area (Å²) in [6.07, 6.45) is -3.86. The van der Waals surface area contributed by atoms with E-state index in [1.54, 1.807) is 61.9 Å². The molecule has 6 nitrogen and oxygen atoms in total. The molecule has 0 saturated carbocycles. The molecule has 0 atom stereocenters. The van der Waals surface area contributed by atoms with Crippen molar-refractivity contribution in [2.75, 3.05) is 0 Å². The number of carboxylic acids is 1. The highest BCUT2D eigenvalue weighted by Gasteiger charge is 2.31. The minimum Gasteiger partial charge on any atom is -0.478 e. The molecule has 0 fully saturated rings. The van der Waals surface area contributed by atoms with Crippen molar-refractivity contribution in [1.82, 2.24) is 9.78 Å². The number of aromatic nitrogens is 2. The van der Waals surface area contributed by atoms with Crippen LogP contribution >= 0.6 is 11.6 Å². The number of hydrogen-bond acceptors (Lipinski definition) is 4. The molecule has 0 aliphatic rings. The molecule has 0 amide bonds. The molecule has 0 spiro atoms. The minimum absolute atomic E-state index is 0.0248. The first-order valence-electron chi connectivity index (χ1n) is 12.8. The van der Waals surface area contributed by atoms with Crippen LogP contribution in [-0.2, 0) is 28.7 Å². The number of halogens is 4. The van der Waals surface area contributed by atoms with Crippen molar-refractivity contribution in [3.8, 4) is 16.9 Å². The maximum Gasteiger partial charge on any atom is 0.416 e. The molecule has 0 saturated heterocycles. The number of nitrogens with zero attached hydrogens (tertiary/aromatic N) is 2. The number of para-hydroxylation sites is 1. The highest BCUT2D eigenvalue weighted by molar-refractivity contribution is 6.32. The third kappa shape index (κ3) is 6.86. The number of rotatable bonds is 10. The second kappa shape index (κ2) is 11.9. The Hall–Kier alpha value is -3.95. The molecule has 0 radical (unpaired) electrons. The van der Waals surface area contributed by atoms with Gasteiger partial charge in [0.25, 0.3) is 0 Å². The molecule has 3 aromatic carbocycles. The quantitative estimate of drug-likeness (QED) is 0.206. The standard InChI is InChI=1S/C31H28ClF3N2O4/c1-19-25(18-41-30(2,3)27(38)17-10-20-8-11-22(12-9-20)29(39)40)36-37(26-7-5-4-6-24(26)32)28(19)21-13-15-23(16-14-21)31(33,34)35/h4-9,11-16H,10,17-18H2,1-3H3,(H,39,40). The van der Waals surface area contributed by atoms with E-state index in [1.807, 2.05) is 0 Å². The molecule has 4 rings (SSSR count). The van der Waals surface area contributed by atoms with Gasteiger partial charge in [0.2, 0.25) is 0 Å². The summed E-state index contributed by atoms with van der Waals surface area (Å²) in [5.74, 6) is -1.16. The lowest BCUT2D eigenvalue weighted by Gasteiger charge is -2.23. The number of aryl methyl sites for hydroxylation is 1. The fourth-order valence-electron chi connectivity index (χ4n) is 4.33. The molecule has 0 unspecified atom stereocenters. The number of alkyl halides is 3. The van der Waals surface area contributed by atoms with E-state index in [1.165, 1.54) is 24.3 Å². The van der Waals surface area contributed by atoms with E-state index in [2.05, 4.69) is 0 Å². The fourth-order valence-corrected chi connectivity index (χ4v) is 4.55. The molecule has 1 aromatic heterocycles. The van der Waals surface area contributed by atoms with Crippen LogP contribution in [-0.4, -0.2) is 32.2 Å². The SMILES string of the molecule is Cc1c(COC(C)(C)C(=O)CCc2ccc(C(=O)O)cc2)nn(-c2ccccc2Cl)c1-c1ccc(C(F)(F)F)cc1. The summed E-state index contributed by atoms with van der Waals surface area (Å²) < 4.78 is 47.2. The Labute approximate surface area is 240 Å². The first kappa shape index (κ1) is 30.0. The molecule has 0 aliphatic heterocycles. The average Bonchev–Trinajstić information content (AvgIpc) is 3.26. The number of carbonyl (C=O) groups is 2. The van der Waals surface area contributed by atoms with E-state index in [0.717, 1.165) is 17.7 Å². The monoisotopic (exact) mass is 584 g/mol. The zero-order valence-electron chi connectivity index (χ0n) is 22.6. The van der Waals surface area contributed by atoms with Crippen LogP contribution in [0.1, 0.15) is 53.0 Å². The summed E-state index contributed by atoms with van der Waals surface area (Å²) in [4.78, 5) is 24.1. The molecule has 0 aliphatic carbocycles. The first-order chi connectivity index (χ1) is 19.3. The van der Waals surface area contributed by atoms with Gasteiger partial charge in [-0.2, -0.15) is 18.3 Å². The second-order valence-corrected chi connectivity index (χ2v) is 10.5. The van der Waals surface area contributed by atoms with Crippen LogP contribution in [0.25, 0.3) is 16.9 Å². The number of carboxylic acid groups (broad SMARTS) is 1. The molecule has 0 bridgehead atoms. The average molecular weight is 585 g/mol. The summed E-state index contributed by atoms with van der Waals surface area (Å²) in [5, 5.41) is 14.1. The van der Waals surface area contributed by atoms with Crippen LogP contribution in [0, 0.1) is 6.92 Å². The van der Waals surface area contributed by atoms with E-state index < -0.39 is 23.3 Å². The zero-order valence-corrected chi connectivity index (χ0v) is 23.4. The molecule has 4 aromatic rings. The molecule has 10 heteroatoms. The topological polar surface area (TPSA) is 81.4 Å². The smallest absolute Gasteiger partial charge is 0.416 e. The Balaban J connectivity index is 1.56. The van der Waals surface area contributed by atoms with Crippen molar-refractivity contribution < 1.29 is 32.6 Å². The van der Waals surface area contributed by atoms with Gasteiger partial charge in [-0.3, -0.25) is 4.79 Å². The predicted octanol–water partition coefficient (Wildman–Crippen LogP) is 7.72. The summed E-state index contributed by atoms with van der Waals surface area (Å²) >= 11 is 6.45. The van der Waals surface area contributed by atoms with Crippen molar-refractivity contribution in [3.63, 3.8) is 0 Å². The van der Waals surface area contributed by atoms with Crippen molar-refractivity contribution in [2.45, 2.75) is 52.0 Å². The van der Waals surface area contributed by atoms with Gasteiger partial charge in [0.1, 0.15) is 5.60 Å². The number of ketones is 1. The van der Waals surface area contributed by atoms with Gasteiger partial charge in [-0.1, -0.05) is 48.0 Å². The summed E-state index contributed by atoms with van der Waals surface area (Å²) in [5.41, 5.74) is 1.87. The Kier molecular flexibility index (Phi) is 8.70. The third-order valence-corrected chi connectivity index (χ3v) is 7.19. The third-order valence-electron chi connectivity index (χ3n) is 6.87. The Morgan fingerprint density at radius 3 is 2.20 bits per heavy atom. The van der Waals surface area contributed by atoms with Gasteiger partial charge in [0, 0.05) is 17.5 Å². The second-order valence-electron chi connectivity index (χ2n) is 10.1. The molecule has 214 valence electrons. The van der Waals surface area contributed by atoms with Crippen LogP contribution < -0.4 is 0 Å². The lowest BCUT2D eigenvalue weighted by molar-refractivity contribution is -0.142. The number of Topliss-reactive ketones (excluding diaryl/α,β-unsaturated/α-hetero) is 1. The lowest BCUT2D eigenvalue weighted by atomic mass is 9.96. The van der Waals surface area contributed by atoms with Crippen molar-refractivity contribution in [2.24, 2.45) is 0 Å². The highest BCUT2D eigenvalue weighted by atomic mass is 35.5. The van der Waals surface area contributed by atoms with Crippen molar-refractivity contribution >= 4 is 23.4 Å². The summed E-state index contributed by atoms with van der Waals surface area (Å²) in [7, 11) is 0. The molecular formula is C31H28ClF3N2O4. The number of aromatic carboxylic acids is 1. The van der Waals surface area contributed by atoms with Gasteiger partial charge >= 0.3 is 12.1 Å². The van der Waals surface area contributed by atoms with Gasteiger partial charge in [-0.05, 0) is 69.2 Å². The minimum atomic E-state index is -4.46. The molecule has 41 heavy (non-hydrogen) atoms. The van der Waals surface area contributed by atoms with E-state index in [0.29, 0.717) is 39.6 Å². The van der Waals surface area contributed by atoms with E-state index >= 15 is 0 Å². The first-order valence-corrected chi connectivity index (χ1v) is 13.2. The Bertz CT molecular complexity index is 1560. The molecule has 1 heterocycles. The Morgan fingerprint density at radius 1 is 0.976 bits per heavy atom. The van der Waals surface area contributed by atoms with Gasteiger partial charge in [0.05, 0.1) is 39.8 Å². The van der Waals surface area contributed by atoms with Crippen LogP contribution in [0.4, 0.5) is 13.2 Å². The highest BCUT2D eigenvalue weighted by Crippen LogP contribution is 2.35. The lowest BCUT2D eigenvalue weighted by Crippen LogP contribution is -2.35. The summed E-state index contributed by atoms with van der Waals surface area (Å²) in [6.45, 7) is 5.10.